The molecule has 0 saturated heterocycles. The van der Waals surface area contributed by atoms with Gasteiger partial charge in [-0.25, -0.2) is 10.8 Å². The van der Waals surface area contributed by atoms with Crippen LogP contribution in [0.2, 0.25) is 0 Å². The number of thiophene rings is 1. The fraction of sp³-hybridized carbons (Fsp3) is 0.0769. The van der Waals surface area contributed by atoms with E-state index in [-0.39, 0.29) is 0 Å². The van der Waals surface area contributed by atoms with Gasteiger partial charge in [0.15, 0.2) is 0 Å². The van der Waals surface area contributed by atoms with Crippen LogP contribution in [-0.2, 0) is 0 Å². The van der Waals surface area contributed by atoms with Crippen molar-refractivity contribution in [3.63, 3.8) is 0 Å². The number of nitrogen functional groups attached to an aromatic ring is 1. The predicted molar refractivity (Wildman–Crippen MR) is 92.4 cm³/mol. The number of hydrogen-bond acceptors (Lipinski definition) is 6. The van der Waals surface area contributed by atoms with Crippen molar-refractivity contribution in [3.05, 3.63) is 38.8 Å². The van der Waals surface area contributed by atoms with Gasteiger partial charge in [-0.05, 0) is 53.8 Å². The Bertz CT molecular complexity index is 771. The lowest BCUT2D eigenvalue weighted by Gasteiger charge is -2.08. The number of aromatic nitrogens is 2. The Hall–Kier alpha value is -1.45. The van der Waals surface area contributed by atoms with Crippen LogP contribution in [0.1, 0.15) is 4.88 Å². The van der Waals surface area contributed by atoms with Gasteiger partial charge in [-0.1, -0.05) is 6.07 Å². The first-order valence-corrected chi connectivity index (χ1v) is 7.82. The summed E-state index contributed by atoms with van der Waals surface area (Å²) in [7, 11) is 0. The minimum atomic E-state index is 0.410. The molecule has 20 heavy (non-hydrogen) atoms. The van der Waals surface area contributed by atoms with Crippen LogP contribution >= 0.6 is 33.9 Å². The van der Waals surface area contributed by atoms with Crippen LogP contribution in [0.15, 0.2) is 30.3 Å². The minimum Gasteiger partial charge on any atom is -0.339 e. The molecule has 0 atom stereocenters. The van der Waals surface area contributed by atoms with Crippen LogP contribution in [0.4, 0.5) is 17.5 Å². The van der Waals surface area contributed by atoms with Gasteiger partial charge in [-0.3, -0.25) is 5.43 Å². The maximum atomic E-state index is 5.43. The first-order valence-electron chi connectivity index (χ1n) is 5.93. The molecule has 102 valence electrons. The molecule has 0 aliphatic heterocycles. The van der Waals surface area contributed by atoms with Crippen LogP contribution < -0.4 is 16.6 Å². The zero-order valence-corrected chi connectivity index (χ0v) is 13.6. The fourth-order valence-electron chi connectivity index (χ4n) is 1.90. The van der Waals surface area contributed by atoms with Crippen molar-refractivity contribution in [2.75, 3.05) is 10.7 Å². The highest BCUT2D eigenvalue weighted by atomic mass is 127. The van der Waals surface area contributed by atoms with Gasteiger partial charge >= 0.3 is 0 Å². The van der Waals surface area contributed by atoms with E-state index in [1.165, 1.54) is 4.88 Å². The molecule has 0 unspecified atom stereocenters. The second-order valence-electron chi connectivity index (χ2n) is 4.25. The quantitative estimate of drug-likeness (QED) is 0.358. The van der Waals surface area contributed by atoms with E-state index in [9.17, 15) is 0 Å². The van der Waals surface area contributed by atoms with Gasteiger partial charge in [-0.15, -0.1) is 11.3 Å². The van der Waals surface area contributed by atoms with Gasteiger partial charge in [0.1, 0.15) is 10.6 Å². The lowest BCUT2D eigenvalue weighted by molar-refractivity contribution is 1.16. The number of fused-ring (bicyclic) bond motifs is 1. The number of nitrogens with two attached hydrogens (primary N) is 1. The number of hydrogen-bond donors (Lipinski definition) is 3. The molecule has 0 bridgehead atoms. The van der Waals surface area contributed by atoms with E-state index < -0.39 is 0 Å². The summed E-state index contributed by atoms with van der Waals surface area (Å²) in [6.45, 7) is 2.05. The highest BCUT2D eigenvalue weighted by molar-refractivity contribution is 14.1. The van der Waals surface area contributed by atoms with Crippen molar-refractivity contribution in [1.82, 2.24) is 9.97 Å². The molecule has 2 heterocycles. The number of aryl methyl sites for hydroxylation is 1. The second-order valence-corrected chi connectivity index (χ2v) is 6.73. The number of halogens is 1. The third kappa shape index (κ3) is 2.69. The average molecular weight is 397 g/mol. The first kappa shape index (κ1) is 13.5. The smallest absolute Gasteiger partial charge is 0.240 e. The highest BCUT2D eigenvalue weighted by Gasteiger charge is 2.10. The van der Waals surface area contributed by atoms with Crippen molar-refractivity contribution in [3.8, 4) is 0 Å². The Labute approximate surface area is 133 Å². The number of benzene rings is 1. The molecule has 3 aromatic rings. The molecule has 0 spiro atoms. The van der Waals surface area contributed by atoms with Crippen LogP contribution in [0, 0.1) is 10.5 Å². The van der Waals surface area contributed by atoms with E-state index in [4.69, 9.17) is 5.84 Å². The molecule has 0 amide bonds. The minimum absolute atomic E-state index is 0.410. The second kappa shape index (κ2) is 5.51. The van der Waals surface area contributed by atoms with Gasteiger partial charge in [0.25, 0.3) is 0 Å². The lowest BCUT2D eigenvalue weighted by Crippen LogP contribution is -2.11. The van der Waals surface area contributed by atoms with E-state index in [0.717, 1.165) is 25.3 Å². The van der Waals surface area contributed by atoms with Crippen LogP contribution in [0.3, 0.4) is 0 Å². The van der Waals surface area contributed by atoms with Crippen molar-refractivity contribution in [2.24, 2.45) is 5.84 Å². The van der Waals surface area contributed by atoms with E-state index in [0.29, 0.717) is 5.95 Å². The summed E-state index contributed by atoms with van der Waals surface area (Å²) in [6.07, 6.45) is 0. The summed E-state index contributed by atoms with van der Waals surface area (Å²) in [4.78, 5) is 10.9. The lowest BCUT2D eigenvalue weighted by atomic mass is 10.3. The Morgan fingerprint density at radius 1 is 1.25 bits per heavy atom. The standard InChI is InChI=1S/C13H12IN5S/c1-7-5-10-11(16-9-4-2-3-8(14)6-9)17-13(19-15)18-12(10)20-7/h2-6H,15H2,1H3,(H2,16,17,18,19). The molecule has 1 aromatic carbocycles. The topological polar surface area (TPSA) is 75.9 Å². The fourth-order valence-corrected chi connectivity index (χ4v) is 3.33. The average Bonchev–Trinajstić information content (AvgIpc) is 2.79. The van der Waals surface area contributed by atoms with E-state index in [1.54, 1.807) is 11.3 Å². The molecular formula is C13H12IN5S. The zero-order valence-electron chi connectivity index (χ0n) is 10.6. The third-order valence-electron chi connectivity index (χ3n) is 2.73. The number of nitrogens with zero attached hydrogens (tertiary/aromatic N) is 2. The van der Waals surface area contributed by atoms with Crippen molar-refractivity contribution in [2.45, 2.75) is 6.92 Å². The van der Waals surface area contributed by atoms with Gasteiger partial charge in [0.05, 0.1) is 5.39 Å². The van der Waals surface area contributed by atoms with Gasteiger partial charge < -0.3 is 5.32 Å². The Balaban J connectivity index is 2.09. The molecule has 0 saturated carbocycles. The molecule has 0 aliphatic carbocycles. The van der Waals surface area contributed by atoms with Crippen molar-refractivity contribution in [1.29, 1.82) is 0 Å². The van der Waals surface area contributed by atoms with E-state index in [1.807, 2.05) is 18.2 Å². The summed E-state index contributed by atoms with van der Waals surface area (Å²) >= 11 is 3.90. The normalized spacial score (nSPS) is 10.8. The molecule has 0 radical (unpaired) electrons. The zero-order chi connectivity index (χ0) is 14.1. The first-order chi connectivity index (χ1) is 9.65. The van der Waals surface area contributed by atoms with Crippen LogP contribution in [0.5, 0.6) is 0 Å². The summed E-state index contributed by atoms with van der Waals surface area (Å²) < 4.78 is 1.16. The molecule has 0 aliphatic rings. The highest BCUT2D eigenvalue weighted by Crippen LogP contribution is 2.31. The maximum absolute atomic E-state index is 5.43. The summed E-state index contributed by atoms with van der Waals surface area (Å²) in [6, 6.07) is 10.2. The number of rotatable bonds is 3. The maximum Gasteiger partial charge on any atom is 0.240 e. The molecule has 4 N–H and O–H groups in total. The molecular weight excluding hydrogens is 385 g/mol. The van der Waals surface area contributed by atoms with Crippen molar-refractivity contribution >= 4 is 61.6 Å². The van der Waals surface area contributed by atoms with Gasteiger partial charge in [0, 0.05) is 14.1 Å². The Kier molecular flexibility index (Phi) is 3.72. The SMILES string of the molecule is Cc1cc2c(Nc3cccc(I)c3)nc(NN)nc2s1. The summed E-state index contributed by atoms with van der Waals surface area (Å²) in [5, 5.41) is 4.34. The molecule has 2 aromatic heterocycles. The summed E-state index contributed by atoms with van der Waals surface area (Å²) in [5.41, 5.74) is 3.50. The molecule has 7 heteroatoms. The van der Waals surface area contributed by atoms with Gasteiger partial charge in [0.2, 0.25) is 5.95 Å². The van der Waals surface area contributed by atoms with Crippen LogP contribution in [0.25, 0.3) is 10.2 Å². The van der Waals surface area contributed by atoms with Gasteiger partial charge in [-0.2, -0.15) is 4.98 Å². The van der Waals surface area contributed by atoms with E-state index >= 15 is 0 Å². The Morgan fingerprint density at radius 3 is 2.85 bits per heavy atom. The number of hydrazine groups is 1. The Morgan fingerprint density at radius 2 is 2.10 bits per heavy atom. The molecule has 0 fully saturated rings. The monoisotopic (exact) mass is 397 g/mol. The third-order valence-corrected chi connectivity index (χ3v) is 4.35. The summed E-state index contributed by atoms with van der Waals surface area (Å²) in [5.74, 6) is 6.60. The number of nitrogens with one attached hydrogen (secondary N) is 2. The van der Waals surface area contributed by atoms with E-state index in [2.05, 4.69) is 62.4 Å². The van der Waals surface area contributed by atoms with Crippen LogP contribution in [-0.4, -0.2) is 9.97 Å². The molecule has 5 nitrogen and oxygen atoms in total. The predicted octanol–water partition coefficient (Wildman–Crippen LogP) is 3.63. The largest absolute Gasteiger partial charge is 0.339 e. The van der Waals surface area contributed by atoms with Crippen molar-refractivity contribution < 1.29 is 0 Å². The molecule has 3 rings (SSSR count). The number of anilines is 3.